The average molecular weight is 401 g/mol. The predicted molar refractivity (Wildman–Crippen MR) is 115 cm³/mol. The normalized spacial score (nSPS) is 19.6. The molecule has 2 aliphatic rings. The molecular weight excluding hydrogens is 378 g/mol. The van der Waals surface area contributed by atoms with Gasteiger partial charge in [0, 0.05) is 37.9 Å². The van der Waals surface area contributed by atoms with Crippen molar-refractivity contribution in [2.75, 3.05) is 31.1 Å². The van der Waals surface area contributed by atoms with Gasteiger partial charge >= 0.3 is 0 Å². The number of nitrogens with zero attached hydrogens (tertiary/aromatic N) is 7. The van der Waals surface area contributed by atoms with Gasteiger partial charge in [-0.1, -0.05) is 0 Å². The Balaban J connectivity index is 1.36. The molecule has 4 aromatic heterocycles. The standard InChI is InChI=1S/C22H23N7O/c1-15-12-29-21(23-15)7-5-18(25-29)19-11-22(30)28-14-17(4-6-20(28)24-19)27-10-9-26-8-2-3-16(26)13-27/h4-7,11-12,14,16H,2-3,8-10,13H2,1H3. The summed E-state index contributed by atoms with van der Waals surface area (Å²) in [4.78, 5) is 27.0. The van der Waals surface area contributed by atoms with Crippen LogP contribution in [0.1, 0.15) is 18.5 Å². The van der Waals surface area contributed by atoms with E-state index in [1.807, 2.05) is 37.5 Å². The van der Waals surface area contributed by atoms with E-state index in [1.54, 1.807) is 15.0 Å². The Morgan fingerprint density at radius 2 is 1.87 bits per heavy atom. The van der Waals surface area contributed by atoms with Crippen LogP contribution in [-0.4, -0.2) is 61.1 Å². The fourth-order valence-corrected chi connectivity index (χ4v) is 4.77. The number of piperazine rings is 1. The second kappa shape index (κ2) is 6.63. The summed E-state index contributed by atoms with van der Waals surface area (Å²) in [5.41, 5.74) is 4.52. The molecule has 30 heavy (non-hydrogen) atoms. The van der Waals surface area contributed by atoms with Gasteiger partial charge in [0.05, 0.1) is 23.3 Å². The quantitative estimate of drug-likeness (QED) is 0.512. The van der Waals surface area contributed by atoms with Crippen molar-refractivity contribution in [1.29, 1.82) is 0 Å². The molecule has 152 valence electrons. The lowest BCUT2D eigenvalue weighted by molar-refractivity contribution is 0.231. The van der Waals surface area contributed by atoms with Crippen molar-refractivity contribution in [3.05, 3.63) is 58.8 Å². The van der Waals surface area contributed by atoms with Crippen LogP contribution in [0.15, 0.2) is 47.5 Å². The second-order valence-electron chi connectivity index (χ2n) is 8.28. The lowest BCUT2D eigenvalue weighted by Gasteiger charge is -2.38. The Kier molecular flexibility index (Phi) is 3.89. The van der Waals surface area contributed by atoms with Gasteiger partial charge in [-0.2, -0.15) is 5.10 Å². The van der Waals surface area contributed by atoms with Crippen LogP contribution in [-0.2, 0) is 0 Å². The lowest BCUT2D eigenvalue weighted by atomic mass is 10.1. The number of aromatic nitrogens is 5. The largest absolute Gasteiger partial charge is 0.367 e. The zero-order valence-corrected chi connectivity index (χ0v) is 16.9. The molecule has 8 heteroatoms. The van der Waals surface area contributed by atoms with Crippen molar-refractivity contribution in [2.45, 2.75) is 25.8 Å². The summed E-state index contributed by atoms with van der Waals surface area (Å²) >= 11 is 0. The third-order valence-electron chi connectivity index (χ3n) is 6.30. The first-order valence-electron chi connectivity index (χ1n) is 10.5. The minimum Gasteiger partial charge on any atom is -0.367 e. The van der Waals surface area contributed by atoms with E-state index >= 15 is 0 Å². The number of anilines is 1. The summed E-state index contributed by atoms with van der Waals surface area (Å²) in [5.74, 6) is 0. The molecule has 6 heterocycles. The van der Waals surface area contributed by atoms with Crippen LogP contribution >= 0.6 is 0 Å². The molecule has 0 N–H and O–H groups in total. The average Bonchev–Trinajstić information content (AvgIpc) is 3.37. The van der Waals surface area contributed by atoms with Crippen molar-refractivity contribution in [3.63, 3.8) is 0 Å². The van der Waals surface area contributed by atoms with Gasteiger partial charge < -0.3 is 4.90 Å². The summed E-state index contributed by atoms with van der Waals surface area (Å²) in [6.45, 7) is 6.27. The molecule has 0 spiro atoms. The molecule has 0 aromatic carbocycles. The molecule has 8 nitrogen and oxygen atoms in total. The van der Waals surface area contributed by atoms with E-state index in [0.717, 1.165) is 36.7 Å². The molecule has 0 bridgehead atoms. The Hall–Kier alpha value is -3.26. The van der Waals surface area contributed by atoms with E-state index in [9.17, 15) is 4.79 Å². The lowest BCUT2D eigenvalue weighted by Crippen LogP contribution is -2.50. The number of pyridine rings is 1. The minimum atomic E-state index is -0.0972. The van der Waals surface area contributed by atoms with Crippen LogP contribution in [0, 0.1) is 6.92 Å². The Morgan fingerprint density at radius 1 is 0.967 bits per heavy atom. The summed E-state index contributed by atoms with van der Waals surface area (Å²) in [6.07, 6.45) is 6.35. The molecule has 2 fully saturated rings. The molecule has 0 amide bonds. The number of rotatable bonds is 2. The minimum absolute atomic E-state index is 0.0972. The molecule has 2 aliphatic heterocycles. The van der Waals surface area contributed by atoms with Crippen LogP contribution in [0.5, 0.6) is 0 Å². The molecule has 2 saturated heterocycles. The molecule has 0 aliphatic carbocycles. The predicted octanol–water partition coefficient (Wildman–Crippen LogP) is 2.00. The van der Waals surface area contributed by atoms with E-state index in [-0.39, 0.29) is 5.56 Å². The fourth-order valence-electron chi connectivity index (χ4n) is 4.77. The van der Waals surface area contributed by atoms with Gasteiger partial charge in [0.15, 0.2) is 5.65 Å². The van der Waals surface area contributed by atoms with Gasteiger partial charge in [-0.3, -0.25) is 14.1 Å². The molecule has 0 saturated carbocycles. The zero-order chi connectivity index (χ0) is 20.2. The summed E-state index contributed by atoms with van der Waals surface area (Å²) < 4.78 is 3.36. The highest BCUT2D eigenvalue weighted by Crippen LogP contribution is 2.25. The van der Waals surface area contributed by atoms with Crippen molar-refractivity contribution >= 4 is 17.0 Å². The number of fused-ring (bicyclic) bond motifs is 3. The van der Waals surface area contributed by atoms with Crippen molar-refractivity contribution in [3.8, 4) is 11.4 Å². The Bertz CT molecular complexity index is 1320. The summed E-state index contributed by atoms with van der Waals surface area (Å²) in [6, 6.07) is 9.95. The van der Waals surface area contributed by atoms with Crippen molar-refractivity contribution < 1.29 is 0 Å². The second-order valence-corrected chi connectivity index (χ2v) is 8.28. The monoisotopic (exact) mass is 401 g/mol. The third-order valence-corrected chi connectivity index (χ3v) is 6.30. The summed E-state index contributed by atoms with van der Waals surface area (Å²) in [5, 5.41) is 4.57. The zero-order valence-electron chi connectivity index (χ0n) is 16.9. The highest BCUT2D eigenvalue weighted by Gasteiger charge is 2.30. The van der Waals surface area contributed by atoms with E-state index in [4.69, 9.17) is 4.98 Å². The maximum absolute atomic E-state index is 12.9. The number of imidazole rings is 1. The SMILES string of the molecule is Cc1cn2nc(-c3cc(=O)n4cc(N5CCN6CCCC6C5)ccc4n3)ccc2n1. The number of hydrogen-bond donors (Lipinski definition) is 0. The van der Waals surface area contributed by atoms with Crippen LogP contribution < -0.4 is 10.5 Å². The molecule has 1 unspecified atom stereocenters. The number of hydrogen-bond acceptors (Lipinski definition) is 6. The van der Waals surface area contributed by atoms with Gasteiger partial charge in [0.2, 0.25) is 0 Å². The maximum atomic E-state index is 12.9. The van der Waals surface area contributed by atoms with Crippen LogP contribution in [0.3, 0.4) is 0 Å². The molecule has 4 aromatic rings. The van der Waals surface area contributed by atoms with Gasteiger partial charge in [-0.25, -0.2) is 14.5 Å². The highest BCUT2D eigenvalue weighted by molar-refractivity contribution is 5.60. The first-order chi connectivity index (χ1) is 14.6. The van der Waals surface area contributed by atoms with Crippen LogP contribution in [0.4, 0.5) is 5.69 Å². The maximum Gasteiger partial charge on any atom is 0.258 e. The van der Waals surface area contributed by atoms with Gasteiger partial charge in [0.1, 0.15) is 11.3 Å². The fraction of sp³-hybridized carbons (Fsp3) is 0.364. The molecular formula is C22H23N7O. The molecule has 1 atom stereocenters. The van der Waals surface area contributed by atoms with Crippen molar-refractivity contribution in [2.24, 2.45) is 0 Å². The summed E-state index contributed by atoms with van der Waals surface area (Å²) in [7, 11) is 0. The first kappa shape index (κ1) is 17.6. The van der Waals surface area contributed by atoms with E-state index in [2.05, 4.69) is 25.9 Å². The van der Waals surface area contributed by atoms with Gasteiger partial charge in [-0.15, -0.1) is 0 Å². The van der Waals surface area contributed by atoms with Gasteiger partial charge in [-0.05, 0) is 50.6 Å². The van der Waals surface area contributed by atoms with E-state index < -0.39 is 0 Å². The van der Waals surface area contributed by atoms with Crippen LogP contribution in [0.25, 0.3) is 22.7 Å². The van der Waals surface area contributed by atoms with Gasteiger partial charge in [0.25, 0.3) is 5.56 Å². The Labute approximate surface area is 173 Å². The Morgan fingerprint density at radius 3 is 2.80 bits per heavy atom. The van der Waals surface area contributed by atoms with Crippen LogP contribution in [0.2, 0.25) is 0 Å². The number of aryl methyl sites for hydroxylation is 1. The van der Waals surface area contributed by atoms with Crippen molar-refractivity contribution in [1.82, 2.24) is 28.9 Å². The highest BCUT2D eigenvalue weighted by atomic mass is 16.1. The molecule has 0 radical (unpaired) electrons. The topological polar surface area (TPSA) is 71.0 Å². The third kappa shape index (κ3) is 2.87. The first-order valence-corrected chi connectivity index (χ1v) is 10.5. The molecule has 6 rings (SSSR count). The van der Waals surface area contributed by atoms with E-state index in [1.165, 1.54) is 19.4 Å². The smallest absolute Gasteiger partial charge is 0.258 e. The van der Waals surface area contributed by atoms with E-state index in [0.29, 0.717) is 23.1 Å².